The molecule has 3 aliphatic rings. The van der Waals surface area contributed by atoms with Crippen LogP contribution in [-0.2, 0) is 40.5 Å². The van der Waals surface area contributed by atoms with Crippen LogP contribution in [0, 0.1) is 17.3 Å². The van der Waals surface area contributed by atoms with E-state index in [1.54, 1.807) is 20.8 Å². The molecule has 4 aromatic rings. The number of halogens is 1. The largest absolute Gasteiger partial charge is 0.460 e. The van der Waals surface area contributed by atoms with Gasteiger partial charge in [0.25, 0.3) is 6.01 Å². The zero-order valence-electron chi connectivity index (χ0n) is 37.6. The van der Waals surface area contributed by atoms with E-state index in [9.17, 15) is 27.6 Å². The highest BCUT2D eigenvalue weighted by atomic mass is 35.5. The third-order valence-corrected chi connectivity index (χ3v) is 14.8. The maximum atomic E-state index is 14.8. The zero-order valence-corrected chi connectivity index (χ0v) is 40.0. The van der Waals surface area contributed by atoms with E-state index in [2.05, 4.69) is 4.72 Å². The van der Waals surface area contributed by atoms with Crippen LogP contribution >= 0.6 is 22.9 Å². The molecule has 1 saturated carbocycles. The quantitative estimate of drug-likeness (QED) is 0.115. The summed E-state index contributed by atoms with van der Waals surface area (Å²) >= 11 is 7.78. The van der Waals surface area contributed by atoms with Crippen molar-refractivity contribution in [2.24, 2.45) is 17.3 Å². The number of amides is 2. The number of nitrogens with zero attached hydrogens (tertiary/aromatic N) is 5. The molecule has 1 N–H and O–H groups in total. The van der Waals surface area contributed by atoms with E-state index in [1.807, 2.05) is 78.4 Å². The van der Waals surface area contributed by atoms with Crippen LogP contribution < -0.4 is 9.46 Å². The molecular weight excluding hydrogens is 876 g/mol. The van der Waals surface area contributed by atoms with Crippen molar-refractivity contribution in [3.8, 4) is 16.6 Å². The fraction of sp³-hybridized carbons (Fsp3) is 0.532. The van der Waals surface area contributed by atoms with E-state index < -0.39 is 51.2 Å². The Labute approximate surface area is 384 Å². The number of nitrogens with one attached hydrogen (secondary N) is 1. The summed E-state index contributed by atoms with van der Waals surface area (Å²) < 4.78 is 43.3. The summed E-state index contributed by atoms with van der Waals surface area (Å²) in [6.07, 6.45) is 7.22. The molecule has 0 spiro atoms. The number of thiazole rings is 1. The predicted octanol–water partition coefficient (Wildman–Crippen LogP) is 8.09. The number of ether oxygens (including phenoxy) is 2. The van der Waals surface area contributed by atoms with E-state index in [-0.39, 0.29) is 55.9 Å². The van der Waals surface area contributed by atoms with Gasteiger partial charge in [-0.25, -0.2) is 9.71 Å². The molecule has 2 aromatic heterocycles. The monoisotopic (exact) mass is 934 g/mol. The molecule has 2 aliphatic heterocycles. The Kier molecular flexibility index (Phi) is 14.1. The summed E-state index contributed by atoms with van der Waals surface area (Å²) in [6.45, 7) is 9.42. The van der Waals surface area contributed by atoms with Crippen molar-refractivity contribution in [1.82, 2.24) is 28.5 Å². The van der Waals surface area contributed by atoms with Gasteiger partial charge in [0.15, 0.2) is 5.78 Å². The maximum absolute atomic E-state index is 14.8. The van der Waals surface area contributed by atoms with Gasteiger partial charge < -0.3 is 14.4 Å². The molecule has 0 bridgehead atoms. The molecule has 2 aromatic carbocycles. The molecule has 7 rings (SSSR count). The Morgan fingerprint density at radius 2 is 1.84 bits per heavy atom. The topological polar surface area (TPSA) is 170 Å². The van der Waals surface area contributed by atoms with Gasteiger partial charge in [0.2, 0.25) is 11.8 Å². The van der Waals surface area contributed by atoms with Crippen LogP contribution in [0.15, 0.2) is 60.0 Å². The van der Waals surface area contributed by atoms with E-state index in [4.69, 9.17) is 31.0 Å². The van der Waals surface area contributed by atoms with Crippen molar-refractivity contribution in [2.45, 2.75) is 123 Å². The highest BCUT2D eigenvalue weighted by Crippen LogP contribution is 2.57. The van der Waals surface area contributed by atoms with Crippen LogP contribution in [0.5, 0.6) is 6.01 Å². The summed E-state index contributed by atoms with van der Waals surface area (Å²) in [5, 5.41) is 3.50. The Hall–Kier alpha value is -4.64. The first kappa shape index (κ1) is 47.3. The van der Waals surface area contributed by atoms with Gasteiger partial charge in [-0.2, -0.15) is 17.7 Å². The molecule has 2 amide bonds. The van der Waals surface area contributed by atoms with Gasteiger partial charge in [0.1, 0.15) is 22.2 Å². The molecule has 0 radical (unpaired) electrons. The Morgan fingerprint density at radius 3 is 2.56 bits per heavy atom. The average molecular weight is 936 g/mol. The number of aromatic nitrogens is 3. The SMILES string of the molecule is CC(C)n1c(O[C@@H]2C[C@H]3C(=O)C[C@]4(C(=O)NS(=O)(=O)N(C)C)C[C@@H]4/C=C\CCCCC[C@H](CC(=O)OC(C)(C)C)C(=O)N3C2)nc2c(-c3nc(Cc4cccc(Cl)c4)cs3)cccc21. The Morgan fingerprint density at radius 1 is 1.08 bits per heavy atom. The molecule has 1 saturated heterocycles. The molecule has 0 unspecified atom stereocenters. The highest BCUT2D eigenvalue weighted by Gasteiger charge is 2.61. The number of fused-ring (bicyclic) bond motifs is 3. The molecule has 344 valence electrons. The van der Waals surface area contributed by atoms with Crippen LogP contribution in [0.3, 0.4) is 0 Å². The summed E-state index contributed by atoms with van der Waals surface area (Å²) in [5.74, 6) is -3.11. The minimum atomic E-state index is -4.15. The van der Waals surface area contributed by atoms with Gasteiger partial charge >= 0.3 is 16.2 Å². The zero-order chi connectivity index (χ0) is 46.1. The number of esters is 1. The lowest BCUT2D eigenvalue weighted by molar-refractivity contribution is -0.159. The lowest BCUT2D eigenvalue weighted by Gasteiger charge is -2.29. The van der Waals surface area contributed by atoms with Gasteiger partial charge in [0.05, 0.1) is 35.6 Å². The van der Waals surface area contributed by atoms with E-state index in [0.717, 1.165) is 44.5 Å². The molecule has 2 fully saturated rings. The number of carbonyl (C=O) groups excluding carboxylic acids is 4. The van der Waals surface area contributed by atoms with E-state index in [1.165, 1.54) is 30.3 Å². The molecule has 17 heteroatoms. The minimum absolute atomic E-state index is 0.0328. The van der Waals surface area contributed by atoms with Crippen molar-refractivity contribution in [3.63, 3.8) is 0 Å². The molecule has 14 nitrogen and oxygen atoms in total. The van der Waals surface area contributed by atoms with Gasteiger partial charge in [-0.1, -0.05) is 54.8 Å². The summed E-state index contributed by atoms with van der Waals surface area (Å²) in [4.78, 5) is 68.3. The first-order chi connectivity index (χ1) is 30.2. The van der Waals surface area contributed by atoms with E-state index >= 15 is 0 Å². The Balaban J connectivity index is 1.21. The number of allylic oxidation sites excluding steroid dienone is 2. The number of hydrogen-bond acceptors (Lipinski definition) is 11. The van der Waals surface area contributed by atoms with Crippen molar-refractivity contribution >= 4 is 67.7 Å². The fourth-order valence-corrected chi connectivity index (χ4v) is 10.6. The summed E-state index contributed by atoms with van der Waals surface area (Å²) in [6, 6.07) is 12.9. The lowest BCUT2D eigenvalue weighted by atomic mass is 9.90. The van der Waals surface area contributed by atoms with Crippen LogP contribution in [0.2, 0.25) is 5.02 Å². The smallest absolute Gasteiger partial charge is 0.307 e. The number of rotatable bonds is 11. The highest BCUT2D eigenvalue weighted by molar-refractivity contribution is 7.87. The average Bonchev–Trinajstić information content (AvgIpc) is 3.52. The van der Waals surface area contributed by atoms with Crippen LogP contribution in [0.4, 0.5) is 0 Å². The third-order valence-electron chi connectivity index (χ3n) is 12.2. The maximum Gasteiger partial charge on any atom is 0.307 e. The van der Waals surface area contributed by atoms with E-state index in [0.29, 0.717) is 42.2 Å². The number of carbonyl (C=O) groups is 4. The number of benzene rings is 2. The molecule has 5 atom stereocenters. The third kappa shape index (κ3) is 10.7. The van der Waals surface area contributed by atoms with Gasteiger partial charge in [-0.3, -0.25) is 23.7 Å². The molecular formula is C47H59ClN6O8S2. The number of para-hydroxylation sites is 1. The van der Waals surface area contributed by atoms with Crippen molar-refractivity contribution in [1.29, 1.82) is 0 Å². The van der Waals surface area contributed by atoms with Crippen molar-refractivity contribution in [2.75, 3.05) is 20.6 Å². The predicted molar refractivity (Wildman–Crippen MR) is 247 cm³/mol. The number of imidazole rings is 1. The second kappa shape index (κ2) is 19.1. The van der Waals surface area contributed by atoms with Gasteiger partial charge in [-0.15, -0.1) is 11.3 Å². The molecule has 1 aliphatic carbocycles. The summed E-state index contributed by atoms with van der Waals surface area (Å²) in [7, 11) is -1.50. The number of hydrogen-bond donors (Lipinski definition) is 1. The molecule has 4 heterocycles. The van der Waals surface area contributed by atoms with Crippen LogP contribution in [0.25, 0.3) is 21.6 Å². The number of Topliss-reactive ketones (excluding diaryl/α,β-unsaturated/α-hetero) is 1. The first-order valence-electron chi connectivity index (χ1n) is 22.1. The van der Waals surface area contributed by atoms with Crippen molar-refractivity contribution < 1.29 is 37.1 Å². The summed E-state index contributed by atoms with van der Waals surface area (Å²) in [5.41, 5.74) is 2.25. The van der Waals surface area contributed by atoms with Crippen LogP contribution in [-0.4, -0.2) is 94.1 Å². The second-order valence-corrected chi connectivity index (χ2v) is 22.0. The van der Waals surface area contributed by atoms with Gasteiger partial charge in [-0.05, 0) is 96.0 Å². The molecule has 64 heavy (non-hydrogen) atoms. The Bertz CT molecular complexity index is 2550. The van der Waals surface area contributed by atoms with Crippen molar-refractivity contribution in [3.05, 3.63) is 76.3 Å². The standard InChI is InChI=1S/C47H59ClN6O8S2/c1-29(2)54-37-20-14-19-36(42-49-34(28-63-42)22-30-15-13-18-33(48)21-30)41(37)50-45(54)61-35-24-38-39(55)26-47(44(58)51-64(59,60)52(6)7)25-32(47)17-12-10-8-9-11-16-31(43(57)53(38)27-35)23-40(56)62-46(3,4)5/h12-15,17-21,28-29,31-32,35,38H,8-11,16,22-27H2,1-7H3,(H,51,58)/b17-12-/t31-,32+,35-,38+,47-/m1/s1. The first-order valence-corrected chi connectivity index (χ1v) is 24.8. The fourth-order valence-electron chi connectivity index (χ4n) is 8.89. The normalized spacial score (nSPS) is 23.9. The lowest BCUT2D eigenvalue weighted by Crippen LogP contribution is -2.47. The minimum Gasteiger partial charge on any atom is -0.460 e. The second-order valence-electron chi connectivity index (χ2n) is 18.8. The van der Waals surface area contributed by atoms with Crippen LogP contribution in [0.1, 0.15) is 110 Å². The number of ketones is 1. The van der Waals surface area contributed by atoms with Gasteiger partial charge in [0, 0.05) is 61.3 Å².